The van der Waals surface area contributed by atoms with E-state index < -0.39 is 0 Å². The summed E-state index contributed by atoms with van der Waals surface area (Å²) >= 11 is 0. The van der Waals surface area contributed by atoms with Crippen LogP contribution in [0.4, 0.5) is 0 Å². The number of aromatic nitrogens is 2. The van der Waals surface area contributed by atoms with Crippen molar-refractivity contribution in [1.82, 2.24) is 9.97 Å². The van der Waals surface area contributed by atoms with Crippen LogP contribution < -0.4 is 0 Å². The molecule has 2 rings (SSSR count). The first-order chi connectivity index (χ1) is 7.77. The third-order valence-electron chi connectivity index (χ3n) is 3.50. The fourth-order valence-corrected chi connectivity index (χ4v) is 2.64. The number of rotatable bonds is 0. The van der Waals surface area contributed by atoms with Crippen molar-refractivity contribution in [2.75, 3.05) is 0 Å². The zero-order valence-corrected chi connectivity index (χ0v) is 10.6. The molecular weight excluding hydrogens is 196 g/mol. The Morgan fingerprint density at radius 3 is 2.12 bits per heavy atom. The molecule has 0 amide bonds. The van der Waals surface area contributed by atoms with Crippen molar-refractivity contribution in [2.24, 2.45) is 0 Å². The molecule has 1 aliphatic carbocycles. The summed E-state index contributed by atoms with van der Waals surface area (Å²) in [7, 11) is 0. The molecule has 0 aliphatic heterocycles. The van der Waals surface area contributed by atoms with Crippen LogP contribution in [0.15, 0.2) is 0 Å². The number of hydrogen-bond donors (Lipinski definition) is 0. The first kappa shape index (κ1) is 11.6. The van der Waals surface area contributed by atoms with Crippen LogP contribution in [0.2, 0.25) is 0 Å². The highest BCUT2D eigenvalue weighted by Crippen LogP contribution is 2.20. The summed E-state index contributed by atoms with van der Waals surface area (Å²) in [5.41, 5.74) is 3.97. The van der Waals surface area contributed by atoms with Gasteiger partial charge < -0.3 is 0 Å². The van der Waals surface area contributed by atoms with Crippen LogP contribution >= 0.6 is 0 Å². The molecule has 0 atom stereocenters. The molecule has 2 nitrogen and oxygen atoms in total. The summed E-state index contributed by atoms with van der Waals surface area (Å²) in [5, 5.41) is 0. The largest absolute Gasteiger partial charge is 0.238 e. The van der Waals surface area contributed by atoms with Crippen molar-refractivity contribution in [3.05, 3.63) is 22.8 Å². The van der Waals surface area contributed by atoms with Gasteiger partial charge in [-0.05, 0) is 45.1 Å². The lowest BCUT2D eigenvalue weighted by Gasteiger charge is -2.14. The SMILES string of the molecule is Cc1nc(C)c2c(n1)CCCCCCCC2. The van der Waals surface area contributed by atoms with Crippen LogP contribution in [0.3, 0.4) is 0 Å². The fourth-order valence-electron chi connectivity index (χ4n) is 2.64. The Morgan fingerprint density at radius 2 is 1.38 bits per heavy atom. The molecular formula is C14H22N2. The Bertz CT molecular complexity index is 358. The topological polar surface area (TPSA) is 25.8 Å². The van der Waals surface area contributed by atoms with Gasteiger partial charge in [-0.15, -0.1) is 0 Å². The maximum atomic E-state index is 4.64. The third kappa shape index (κ3) is 2.81. The summed E-state index contributed by atoms with van der Waals surface area (Å²) in [6.07, 6.45) is 10.5. The normalized spacial score (nSPS) is 17.9. The number of aryl methyl sites for hydroxylation is 3. The summed E-state index contributed by atoms with van der Waals surface area (Å²) < 4.78 is 0. The lowest BCUT2D eigenvalue weighted by atomic mass is 9.97. The molecule has 0 aromatic carbocycles. The highest BCUT2D eigenvalue weighted by molar-refractivity contribution is 5.25. The van der Waals surface area contributed by atoms with E-state index in [1.165, 1.54) is 61.9 Å². The molecule has 1 aromatic rings. The van der Waals surface area contributed by atoms with Gasteiger partial charge in [0.05, 0.1) is 0 Å². The number of nitrogens with zero attached hydrogens (tertiary/aromatic N) is 2. The summed E-state index contributed by atoms with van der Waals surface area (Å²) in [5.74, 6) is 0.938. The van der Waals surface area contributed by atoms with Gasteiger partial charge in [0, 0.05) is 11.4 Å². The van der Waals surface area contributed by atoms with Crippen LogP contribution in [0, 0.1) is 13.8 Å². The maximum Gasteiger partial charge on any atom is 0.125 e. The Kier molecular flexibility index (Phi) is 3.92. The second-order valence-corrected chi connectivity index (χ2v) is 4.90. The first-order valence-electron chi connectivity index (χ1n) is 6.60. The summed E-state index contributed by atoms with van der Waals surface area (Å²) in [4.78, 5) is 9.14. The molecule has 1 aromatic heterocycles. The average molecular weight is 218 g/mol. The van der Waals surface area contributed by atoms with Crippen LogP contribution in [0.1, 0.15) is 61.3 Å². The second-order valence-electron chi connectivity index (χ2n) is 4.90. The van der Waals surface area contributed by atoms with Crippen molar-refractivity contribution in [3.63, 3.8) is 0 Å². The summed E-state index contributed by atoms with van der Waals surface area (Å²) in [6, 6.07) is 0. The molecule has 2 heteroatoms. The van der Waals surface area contributed by atoms with E-state index in [0.29, 0.717) is 0 Å². The molecule has 0 N–H and O–H groups in total. The Hall–Kier alpha value is -0.920. The minimum Gasteiger partial charge on any atom is -0.238 e. The molecule has 1 aliphatic rings. The van der Waals surface area contributed by atoms with E-state index in [-0.39, 0.29) is 0 Å². The number of hydrogen-bond acceptors (Lipinski definition) is 2. The van der Waals surface area contributed by atoms with Crippen molar-refractivity contribution in [3.8, 4) is 0 Å². The van der Waals surface area contributed by atoms with Gasteiger partial charge >= 0.3 is 0 Å². The predicted octanol–water partition coefficient (Wildman–Crippen LogP) is 3.53. The molecule has 0 unspecified atom stereocenters. The van der Waals surface area contributed by atoms with Gasteiger partial charge in [0.2, 0.25) is 0 Å². The third-order valence-corrected chi connectivity index (χ3v) is 3.50. The van der Waals surface area contributed by atoms with Gasteiger partial charge in [-0.2, -0.15) is 0 Å². The van der Waals surface area contributed by atoms with E-state index in [4.69, 9.17) is 0 Å². The van der Waals surface area contributed by atoms with Gasteiger partial charge in [0.15, 0.2) is 0 Å². The van der Waals surface area contributed by atoms with Crippen LogP contribution in [0.5, 0.6) is 0 Å². The highest BCUT2D eigenvalue weighted by Gasteiger charge is 2.11. The molecule has 0 spiro atoms. The average Bonchev–Trinajstić information content (AvgIpc) is 2.25. The predicted molar refractivity (Wildman–Crippen MR) is 66.6 cm³/mol. The van der Waals surface area contributed by atoms with Crippen molar-refractivity contribution < 1.29 is 0 Å². The molecule has 1 heterocycles. The monoisotopic (exact) mass is 218 g/mol. The second kappa shape index (κ2) is 5.42. The zero-order valence-electron chi connectivity index (χ0n) is 10.6. The van der Waals surface area contributed by atoms with Gasteiger partial charge in [0.1, 0.15) is 5.82 Å². The van der Waals surface area contributed by atoms with Gasteiger partial charge in [0.25, 0.3) is 0 Å². The van der Waals surface area contributed by atoms with Crippen LogP contribution in [0.25, 0.3) is 0 Å². The standard InChI is InChI=1S/C14H22N2/c1-11-13-9-7-5-3-4-6-8-10-14(13)16-12(2)15-11/h3-10H2,1-2H3. The maximum absolute atomic E-state index is 4.64. The highest BCUT2D eigenvalue weighted by atomic mass is 14.9. The van der Waals surface area contributed by atoms with Gasteiger partial charge in [-0.3, -0.25) is 0 Å². The van der Waals surface area contributed by atoms with E-state index in [2.05, 4.69) is 16.9 Å². The van der Waals surface area contributed by atoms with Crippen molar-refractivity contribution in [1.29, 1.82) is 0 Å². The van der Waals surface area contributed by atoms with Crippen molar-refractivity contribution in [2.45, 2.75) is 65.2 Å². The molecule has 0 radical (unpaired) electrons. The van der Waals surface area contributed by atoms with E-state index in [0.717, 1.165) is 12.2 Å². The Balaban J connectivity index is 2.26. The Morgan fingerprint density at radius 1 is 0.750 bits per heavy atom. The van der Waals surface area contributed by atoms with Crippen molar-refractivity contribution >= 4 is 0 Å². The summed E-state index contributed by atoms with van der Waals surface area (Å²) in [6.45, 7) is 4.14. The van der Waals surface area contributed by atoms with Gasteiger partial charge in [-0.25, -0.2) is 9.97 Å². The molecule has 0 saturated heterocycles. The fraction of sp³-hybridized carbons (Fsp3) is 0.714. The van der Waals surface area contributed by atoms with E-state index in [1.807, 2.05) is 6.92 Å². The van der Waals surface area contributed by atoms with E-state index >= 15 is 0 Å². The lowest BCUT2D eigenvalue weighted by molar-refractivity contribution is 0.573. The first-order valence-corrected chi connectivity index (χ1v) is 6.60. The van der Waals surface area contributed by atoms with E-state index in [1.54, 1.807) is 0 Å². The molecule has 88 valence electrons. The minimum absolute atomic E-state index is 0.938. The number of fused-ring (bicyclic) bond motifs is 1. The zero-order chi connectivity index (χ0) is 11.4. The molecule has 0 saturated carbocycles. The molecule has 0 bridgehead atoms. The van der Waals surface area contributed by atoms with E-state index in [9.17, 15) is 0 Å². The minimum atomic E-state index is 0.938. The smallest absolute Gasteiger partial charge is 0.125 e. The van der Waals surface area contributed by atoms with Gasteiger partial charge in [-0.1, -0.05) is 25.7 Å². The van der Waals surface area contributed by atoms with Crippen LogP contribution in [-0.2, 0) is 12.8 Å². The lowest BCUT2D eigenvalue weighted by Crippen LogP contribution is -2.07. The quantitative estimate of drug-likeness (QED) is 0.665. The van der Waals surface area contributed by atoms with Crippen LogP contribution in [-0.4, -0.2) is 9.97 Å². The molecule has 0 fully saturated rings. The molecule has 16 heavy (non-hydrogen) atoms. The Labute approximate surface area is 98.5 Å².